The van der Waals surface area contributed by atoms with E-state index < -0.39 is 10.8 Å². The van der Waals surface area contributed by atoms with E-state index in [1.165, 1.54) is 36.1 Å². The lowest BCUT2D eigenvalue weighted by Gasteiger charge is -2.24. The maximum atomic E-state index is 13.7. The molecule has 1 aromatic heterocycles. The number of anilines is 3. The molecule has 44 heavy (non-hydrogen) atoms. The van der Waals surface area contributed by atoms with Crippen molar-refractivity contribution in [1.29, 1.82) is 0 Å². The third-order valence-corrected chi connectivity index (χ3v) is 7.10. The standard InChI is InChI=1S/C34H24BrN3O6/c1-22(39)37(27-14-9-25(35)10-15-27)31-18-11-26(21-30(31)34(41)24-5-3-2-4-6-24)36-33(40)20-17-29-16-19-32(44-29)23-7-12-28(13-8-23)38(42)43/h2-21H,1H3,(H,36,40)/b20-17-. The van der Waals surface area contributed by atoms with Crippen molar-refractivity contribution in [3.05, 3.63) is 147 Å². The number of carbonyl (C=O) groups excluding carboxylic acids is 3. The van der Waals surface area contributed by atoms with Crippen LogP contribution >= 0.6 is 15.9 Å². The number of hydrogen-bond acceptors (Lipinski definition) is 6. The minimum absolute atomic E-state index is 0.0268. The highest BCUT2D eigenvalue weighted by molar-refractivity contribution is 9.10. The van der Waals surface area contributed by atoms with Crippen molar-refractivity contribution in [2.75, 3.05) is 10.2 Å². The Balaban J connectivity index is 1.40. The number of halogens is 1. The summed E-state index contributed by atoms with van der Waals surface area (Å²) in [5, 5.41) is 13.7. The monoisotopic (exact) mass is 649 g/mol. The zero-order valence-corrected chi connectivity index (χ0v) is 24.9. The summed E-state index contributed by atoms with van der Waals surface area (Å²) in [5.74, 6) is -0.193. The van der Waals surface area contributed by atoms with Gasteiger partial charge in [-0.3, -0.25) is 29.4 Å². The van der Waals surface area contributed by atoms with Gasteiger partial charge < -0.3 is 9.73 Å². The molecule has 0 saturated carbocycles. The second-order valence-electron chi connectivity index (χ2n) is 9.59. The van der Waals surface area contributed by atoms with Crippen LogP contribution in [0.4, 0.5) is 22.7 Å². The van der Waals surface area contributed by atoms with Crippen molar-refractivity contribution in [2.24, 2.45) is 0 Å². The fourth-order valence-corrected chi connectivity index (χ4v) is 4.77. The van der Waals surface area contributed by atoms with Gasteiger partial charge in [0, 0.05) is 57.7 Å². The maximum Gasteiger partial charge on any atom is 0.269 e. The fourth-order valence-electron chi connectivity index (χ4n) is 4.50. The van der Waals surface area contributed by atoms with Crippen molar-refractivity contribution in [3.63, 3.8) is 0 Å². The molecule has 0 bridgehead atoms. The summed E-state index contributed by atoms with van der Waals surface area (Å²) in [6, 6.07) is 29.9. The first-order valence-corrected chi connectivity index (χ1v) is 14.1. The molecule has 0 aliphatic heterocycles. The van der Waals surface area contributed by atoms with E-state index in [1.807, 2.05) is 0 Å². The summed E-state index contributed by atoms with van der Waals surface area (Å²) in [7, 11) is 0. The van der Waals surface area contributed by atoms with E-state index in [1.54, 1.807) is 97.1 Å². The van der Waals surface area contributed by atoms with Gasteiger partial charge in [-0.1, -0.05) is 46.3 Å². The Bertz CT molecular complexity index is 1880. The number of benzene rings is 4. The number of rotatable bonds is 9. The molecule has 218 valence electrons. The van der Waals surface area contributed by atoms with Gasteiger partial charge in [-0.15, -0.1) is 0 Å². The molecule has 1 N–H and O–H groups in total. The summed E-state index contributed by atoms with van der Waals surface area (Å²) >= 11 is 3.40. The number of amides is 2. The Morgan fingerprint density at radius 1 is 0.886 bits per heavy atom. The molecule has 0 aliphatic rings. The molecule has 0 atom stereocenters. The Hall–Kier alpha value is -5.61. The van der Waals surface area contributed by atoms with Crippen molar-refractivity contribution in [1.82, 2.24) is 0 Å². The van der Waals surface area contributed by atoms with E-state index in [0.717, 1.165) is 4.47 Å². The van der Waals surface area contributed by atoms with Gasteiger partial charge in [-0.05, 0) is 72.8 Å². The van der Waals surface area contributed by atoms with Crippen molar-refractivity contribution in [3.8, 4) is 11.3 Å². The Kier molecular flexibility index (Phi) is 8.92. The summed E-state index contributed by atoms with van der Waals surface area (Å²) < 4.78 is 6.60. The molecule has 5 rings (SSSR count). The molecule has 9 nitrogen and oxygen atoms in total. The largest absolute Gasteiger partial charge is 0.457 e. The average Bonchev–Trinajstić information content (AvgIpc) is 3.51. The number of furan rings is 1. The highest BCUT2D eigenvalue weighted by atomic mass is 79.9. The summed E-state index contributed by atoms with van der Waals surface area (Å²) in [5.41, 5.74) is 2.59. The molecular weight excluding hydrogens is 626 g/mol. The number of nitrogens with one attached hydrogen (secondary N) is 1. The third-order valence-electron chi connectivity index (χ3n) is 6.57. The molecule has 10 heteroatoms. The zero-order valence-electron chi connectivity index (χ0n) is 23.3. The predicted octanol–water partition coefficient (Wildman–Crippen LogP) is 8.18. The normalized spacial score (nSPS) is 10.9. The number of nitrogens with zero attached hydrogens (tertiary/aromatic N) is 2. The molecule has 0 spiro atoms. The van der Waals surface area contributed by atoms with Crippen molar-refractivity contribution in [2.45, 2.75) is 6.92 Å². The van der Waals surface area contributed by atoms with Gasteiger partial charge in [0.1, 0.15) is 11.5 Å². The number of carbonyl (C=O) groups is 3. The quantitative estimate of drug-likeness (QED) is 0.0743. The van der Waals surface area contributed by atoms with E-state index in [-0.39, 0.29) is 22.9 Å². The van der Waals surface area contributed by atoms with E-state index in [2.05, 4.69) is 21.2 Å². The van der Waals surface area contributed by atoms with Crippen LogP contribution in [0.1, 0.15) is 28.6 Å². The molecular formula is C34H24BrN3O6. The van der Waals surface area contributed by atoms with Gasteiger partial charge in [-0.25, -0.2) is 0 Å². The molecule has 0 fully saturated rings. The zero-order chi connectivity index (χ0) is 31.2. The lowest BCUT2D eigenvalue weighted by Crippen LogP contribution is -2.25. The molecule has 0 radical (unpaired) electrons. The first-order valence-electron chi connectivity index (χ1n) is 13.3. The first-order chi connectivity index (χ1) is 21.2. The van der Waals surface area contributed by atoms with E-state index in [4.69, 9.17) is 4.42 Å². The number of ketones is 1. The SMILES string of the molecule is CC(=O)N(c1ccc(Br)cc1)c1ccc(NC(=O)/C=C\c2ccc(-c3ccc([N+](=O)[O-])cc3)o2)cc1C(=O)c1ccccc1. The Morgan fingerprint density at radius 2 is 1.59 bits per heavy atom. The minimum atomic E-state index is -0.478. The molecule has 1 heterocycles. The molecule has 0 saturated heterocycles. The van der Waals surface area contributed by atoms with Crippen LogP contribution in [0.3, 0.4) is 0 Å². The van der Waals surface area contributed by atoms with Crippen LogP contribution in [0.5, 0.6) is 0 Å². The molecule has 5 aromatic rings. The van der Waals surface area contributed by atoms with Gasteiger partial charge in [0.05, 0.1) is 10.6 Å². The van der Waals surface area contributed by atoms with E-state index in [9.17, 15) is 24.5 Å². The molecule has 0 aliphatic carbocycles. The summed E-state index contributed by atoms with van der Waals surface area (Å²) in [4.78, 5) is 51.2. The topological polar surface area (TPSA) is 123 Å². The van der Waals surface area contributed by atoms with Crippen LogP contribution in [0.2, 0.25) is 0 Å². The summed E-state index contributed by atoms with van der Waals surface area (Å²) in [6.07, 6.45) is 2.77. The number of nitro groups is 1. The molecule has 4 aromatic carbocycles. The average molecular weight is 650 g/mol. The van der Waals surface area contributed by atoms with Crippen LogP contribution in [-0.2, 0) is 9.59 Å². The number of non-ortho nitro benzene ring substituents is 1. The van der Waals surface area contributed by atoms with Crippen LogP contribution < -0.4 is 10.2 Å². The first kappa shape index (κ1) is 29.9. The lowest BCUT2D eigenvalue weighted by molar-refractivity contribution is -0.384. The highest BCUT2D eigenvalue weighted by Gasteiger charge is 2.23. The fraction of sp³-hybridized carbons (Fsp3) is 0.0294. The number of hydrogen-bond donors (Lipinski definition) is 1. The van der Waals surface area contributed by atoms with Gasteiger partial charge >= 0.3 is 0 Å². The van der Waals surface area contributed by atoms with Crippen LogP contribution in [0.25, 0.3) is 17.4 Å². The molecule has 0 unspecified atom stereocenters. The van der Waals surface area contributed by atoms with Crippen LogP contribution in [0, 0.1) is 10.1 Å². The van der Waals surface area contributed by atoms with E-state index in [0.29, 0.717) is 39.7 Å². The van der Waals surface area contributed by atoms with Crippen molar-refractivity contribution < 1.29 is 23.7 Å². The minimum Gasteiger partial charge on any atom is -0.457 e. The Labute approximate surface area is 260 Å². The predicted molar refractivity (Wildman–Crippen MR) is 172 cm³/mol. The lowest BCUT2D eigenvalue weighted by atomic mass is 9.99. The number of nitro benzene ring substituents is 1. The van der Waals surface area contributed by atoms with Crippen molar-refractivity contribution >= 4 is 62.4 Å². The van der Waals surface area contributed by atoms with Crippen LogP contribution in [-0.4, -0.2) is 22.5 Å². The van der Waals surface area contributed by atoms with Gasteiger partial charge in [0.15, 0.2) is 5.78 Å². The maximum absolute atomic E-state index is 13.7. The highest BCUT2D eigenvalue weighted by Crippen LogP contribution is 2.33. The summed E-state index contributed by atoms with van der Waals surface area (Å²) in [6.45, 7) is 1.42. The third kappa shape index (κ3) is 6.88. The van der Waals surface area contributed by atoms with Crippen LogP contribution in [0.15, 0.2) is 124 Å². The van der Waals surface area contributed by atoms with Gasteiger partial charge in [0.2, 0.25) is 11.8 Å². The van der Waals surface area contributed by atoms with E-state index >= 15 is 0 Å². The van der Waals surface area contributed by atoms with Gasteiger partial charge in [0.25, 0.3) is 5.69 Å². The second-order valence-corrected chi connectivity index (χ2v) is 10.5. The Morgan fingerprint density at radius 3 is 2.25 bits per heavy atom. The smallest absolute Gasteiger partial charge is 0.269 e. The second kappa shape index (κ2) is 13.1. The molecule has 2 amide bonds. The van der Waals surface area contributed by atoms with Gasteiger partial charge in [-0.2, -0.15) is 0 Å².